The Morgan fingerprint density at radius 3 is 2.42 bits per heavy atom. The molecule has 2 rings (SSSR count). The van der Waals surface area contributed by atoms with E-state index in [2.05, 4.69) is 5.32 Å². The third-order valence-corrected chi connectivity index (χ3v) is 3.50. The summed E-state index contributed by atoms with van der Waals surface area (Å²) in [6.45, 7) is -0.249. The Morgan fingerprint density at radius 2 is 1.83 bits per heavy atom. The van der Waals surface area contributed by atoms with Gasteiger partial charge >= 0.3 is 0 Å². The van der Waals surface area contributed by atoms with E-state index in [0.29, 0.717) is 17.2 Å². The molecule has 0 fully saturated rings. The molecule has 0 aliphatic carbocycles. The van der Waals surface area contributed by atoms with E-state index in [9.17, 15) is 9.59 Å². The van der Waals surface area contributed by atoms with Crippen molar-refractivity contribution in [2.24, 2.45) is 5.73 Å². The molecule has 2 aromatic carbocycles. The molecule has 0 aliphatic rings. The highest BCUT2D eigenvalue weighted by Crippen LogP contribution is 2.34. The molecule has 126 valence electrons. The second-order valence-corrected chi connectivity index (χ2v) is 5.52. The van der Waals surface area contributed by atoms with Crippen LogP contribution in [0.25, 0.3) is 0 Å². The van der Waals surface area contributed by atoms with Crippen LogP contribution in [0.2, 0.25) is 10.0 Å². The van der Waals surface area contributed by atoms with Crippen molar-refractivity contribution in [2.45, 2.75) is 0 Å². The van der Waals surface area contributed by atoms with Gasteiger partial charge in [0, 0.05) is 17.3 Å². The zero-order valence-corrected chi connectivity index (χ0v) is 14.1. The Bertz CT molecular complexity index is 757. The molecule has 0 heterocycles. The highest BCUT2D eigenvalue weighted by molar-refractivity contribution is 6.37. The lowest BCUT2D eigenvalue weighted by Crippen LogP contribution is -2.20. The maximum Gasteiger partial charge on any atom is 0.255 e. The third kappa shape index (κ3) is 4.53. The van der Waals surface area contributed by atoms with Crippen molar-refractivity contribution in [1.82, 2.24) is 0 Å². The highest BCUT2D eigenvalue weighted by Gasteiger charge is 2.14. The molecule has 3 N–H and O–H groups in total. The minimum Gasteiger partial charge on any atom is -0.494 e. The number of methoxy groups -OCH3 is 1. The van der Waals surface area contributed by atoms with Crippen molar-refractivity contribution in [3.05, 3.63) is 52.0 Å². The van der Waals surface area contributed by atoms with E-state index < -0.39 is 11.8 Å². The number of amides is 2. The summed E-state index contributed by atoms with van der Waals surface area (Å²) < 4.78 is 10.2. The maximum absolute atomic E-state index is 12.3. The number of hydrogen-bond donors (Lipinski definition) is 2. The molecule has 2 aromatic rings. The van der Waals surface area contributed by atoms with E-state index in [4.69, 9.17) is 38.4 Å². The topological polar surface area (TPSA) is 90.7 Å². The van der Waals surface area contributed by atoms with Crippen LogP contribution in [0.5, 0.6) is 11.5 Å². The second kappa shape index (κ2) is 7.90. The molecule has 6 nitrogen and oxygen atoms in total. The number of ether oxygens (including phenoxy) is 2. The molecule has 0 atom stereocenters. The van der Waals surface area contributed by atoms with E-state index in [1.807, 2.05) is 0 Å². The molecule has 0 aromatic heterocycles. The van der Waals surface area contributed by atoms with Crippen LogP contribution in [-0.2, 0) is 4.79 Å². The number of nitrogens with one attached hydrogen (secondary N) is 1. The number of rotatable bonds is 6. The van der Waals surface area contributed by atoms with Gasteiger partial charge < -0.3 is 20.5 Å². The van der Waals surface area contributed by atoms with E-state index in [1.165, 1.54) is 19.2 Å². The average Bonchev–Trinajstić information content (AvgIpc) is 2.53. The summed E-state index contributed by atoms with van der Waals surface area (Å²) in [7, 11) is 1.43. The lowest BCUT2D eigenvalue weighted by Gasteiger charge is -2.10. The van der Waals surface area contributed by atoms with Crippen LogP contribution in [0, 0.1) is 0 Å². The van der Waals surface area contributed by atoms with Crippen LogP contribution in [0.15, 0.2) is 36.4 Å². The van der Waals surface area contributed by atoms with Gasteiger partial charge in [-0.15, -0.1) is 0 Å². The zero-order chi connectivity index (χ0) is 17.7. The molecule has 0 saturated heterocycles. The van der Waals surface area contributed by atoms with Crippen LogP contribution in [0.1, 0.15) is 10.4 Å². The Kier molecular flexibility index (Phi) is 5.89. The van der Waals surface area contributed by atoms with E-state index in [1.54, 1.807) is 24.3 Å². The van der Waals surface area contributed by atoms with Gasteiger partial charge in [-0.1, -0.05) is 29.3 Å². The van der Waals surface area contributed by atoms with Crippen molar-refractivity contribution < 1.29 is 19.1 Å². The Labute approximate surface area is 148 Å². The normalized spacial score (nSPS) is 10.1. The molecule has 0 spiro atoms. The number of carbonyl (C=O) groups is 2. The minimum atomic E-state index is -0.591. The summed E-state index contributed by atoms with van der Waals surface area (Å²) in [4.78, 5) is 23.0. The fourth-order valence-corrected chi connectivity index (χ4v) is 2.55. The van der Waals surface area contributed by atoms with E-state index in [-0.39, 0.29) is 22.2 Å². The lowest BCUT2D eigenvalue weighted by molar-refractivity contribution is -0.119. The van der Waals surface area contributed by atoms with Crippen molar-refractivity contribution in [2.75, 3.05) is 19.0 Å². The van der Waals surface area contributed by atoms with Gasteiger partial charge in [0.05, 0.1) is 17.2 Å². The second-order valence-electron chi connectivity index (χ2n) is 4.71. The smallest absolute Gasteiger partial charge is 0.255 e. The highest BCUT2D eigenvalue weighted by atomic mass is 35.5. The van der Waals surface area contributed by atoms with Gasteiger partial charge in [0.2, 0.25) is 0 Å². The zero-order valence-electron chi connectivity index (χ0n) is 12.6. The summed E-state index contributed by atoms with van der Waals surface area (Å²) in [5.74, 6) is -0.297. The van der Waals surface area contributed by atoms with Gasteiger partial charge in [0.25, 0.3) is 11.8 Å². The first-order valence-electron chi connectivity index (χ1n) is 6.76. The molecule has 0 bridgehead atoms. The maximum atomic E-state index is 12.3. The third-order valence-electron chi connectivity index (χ3n) is 2.94. The Morgan fingerprint density at radius 1 is 1.17 bits per heavy atom. The quantitative estimate of drug-likeness (QED) is 0.819. The van der Waals surface area contributed by atoms with Crippen LogP contribution in [0.4, 0.5) is 5.69 Å². The molecule has 2 amide bonds. The summed E-state index contributed by atoms with van der Waals surface area (Å²) in [5, 5.41) is 3.15. The van der Waals surface area contributed by atoms with Gasteiger partial charge in [-0.25, -0.2) is 0 Å². The van der Waals surface area contributed by atoms with Gasteiger partial charge in [-0.2, -0.15) is 0 Å². The summed E-state index contributed by atoms with van der Waals surface area (Å²) >= 11 is 12.0. The van der Waals surface area contributed by atoms with Crippen molar-refractivity contribution in [3.8, 4) is 11.5 Å². The molecule has 0 saturated carbocycles. The molecule has 8 heteroatoms. The monoisotopic (exact) mass is 368 g/mol. The lowest BCUT2D eigenvalue weighted by atomic mass is 10.2. The Hall–Kier alpha value is -2.44. The molecule has 0 aliphatic heterocycles. The number of hydrogen-bond acceptors (Lipinski definition) is 4. The first-order chi connectivity index (χ1) is 11.4. The van der Waals surface area contributed by atoms with Gasteiger partial charge in [0.15, 0.2) is 12.4 Å². The number of primary amides is 1. The first kappa shape index (κ1) is 17.9. The number of carbonyl (C=O) groups excluding carboxylic acids is 2. The van der Waals surface area contributed by atoms with Gasteiger partial charge in [-0.3, -0.25) is 9.59 Å². The SMILES string of the molecule is COc1c(Cl)cc(C(=O)Nc2cccc(OCC(N)=O)c2)cc1Cl. The fraction of sp³-hybridized carbons (Fsp3) is 0.125. The van der Waals surface area contributed by atoms with E-state index in [0.717, 1.165) is 0 Å². The standard InChI is InChI=1S/C16H14Cl2N2O4/c1-23-15-12(17)5-9(6-13(15)18)16(22)20-10-3-2-4-11(7-10)24-8-14(19)21/h2-7H,8H2,1H3,(H2,19,21)(H,20,22). The van der Waals surface area contributed by atoms with E-state index >= 15 is 0 Å². The minimum absolute atomic E-state index is 0.230. The summed E-state index contributed by atoms with van der Waals surface area (Å²) in [6, 6.07) is 9.44. The predicted octanol–water partition coefficient (Wildman–Crippen LogP) is 3.12. The van der Waals surface area contributed by atoms with Crippen LogP contribution in [-0.4, -0.2) is 25.5 Å². The van der Waals surface area contributed by atoms with Crippen molar-refractivity contribution in [3.63, 3.8) is 0 Å². The summed E-state index contributed by atoms with van der Waals surface area (Å²) in [5.41, 5.74) is 5.77. The first-order valence-corrected chi connectivity index (χ1v) is 7.52. The van der Waals surface area contributed by atoms with Gasteiger partial charge in [-0.05, 0) is 24.3 Å². The molecule has 0 unspecified atom stereocenters. The predicted molar refractivity (Wildman–Crippen MR) is 92.1 cm³/mol. The number of halogens is 2. The van der Waals surface area contributed by atoms with Crippen LogP contribution in [0.3, 0.4) is 0 Å². The molecular weight excluding hydrogens is 355 g/mol. The van der Waals surface area contributed by atoms with Crippen LogP contribution >= 0.6 is 23.2 Å². The van der Waals surface area contributed by atoms with Crippen molar-refractivity contribution >= 4 is 40.7 Å². The number of anilines is 1. The largest absolute Gasteiger partial charge is 0.494 e. The summed E-state index contributed by atoms with van der Waals surface area (Å²) in [6.07, 6.45) is 0. The average molecular weight is 369 g/mol. The molecule has 0 radical (unpaired) electrons. The van der Waals surface area contributed by atoms with Crippen molar-refractivity contribution in [1.29, 1.82) is 0 Å². The Balaban J connectivity index is 2.15. The van der Waals surface area contributed by atoms with Crippen LogP contribution < -0.4 is 20.5 Å². The number of nitrogens with two attached hydrogens (primary N) is 1. The van der Waals surface area contributed by atoms with Gasteiger partial charge in [0.1, 0.15) is 5.75 Å². The fourth-order valence-electron chi connectivity index (χ4n) is 1.91. The molecule has 24 heavy (non-hydrogen) atoms. The number of benzene rings is 2. The molecular formula is C16H14Cl2N2O4.